The van der Waals surface area contributed by atoms with E-state index in [9.17, 15) is 10.1 Å². The Kier molecular flexibility index (Phi) is 7.40. The van der Waals surface area contributed by atoms with E-state index in [0.717, 1.165) is 16.3 Å². The fourth-order valence-corrected chi connectivity index (χ4v) is 3.81. The number of anilines is 1. The number of carbonyl (C=O) groups is 1. The topological polar surface area (TPSA) is 62.1 Å². The van der Waals surface area contributed by atoms with E-state index in [1.54, 1.807) is 36.4 Å². The third kappa shape index (κ3) is 5.52. The molecule has 0 aliphatic rings. The number of hydrogen-bond donors (Lipinski definition) is 1. The number of halogens is 3. The molecule has 0 heterocycles. The summed E-state index contributed by atoms with van der Waals surface area (Å²) in [4.78, 5) is 12.8. The highest BCUT2D eigenvalue weighted by atomic mass is 35.5. The van der Waals surface area contributed by atoms with Crippen molar-refractivity contribution in [3.8, 4) is 11.8 Å². The van der Waals surface area contributed by atoms with E-state index in [-0.39, 0.29) is 12.2 Å². The molecule has 7 heteroatoms. The van der Waals surface area contributed by atoms with Crippen molar-refractivity contribution in [3.63, 3.8) is 0 Å². The quantitative estimate of drug-likeness (QED) is 0.213. The molecule has 1 N–H and O–H groups in total. The van der Waals surface area contributed by atoms with E-state index in [4.69, 9.17) is 39.5 Å². The molecule has 168 valence electrons. The largest absolute Gasteiger partial charge is 0.488 e. The number of fused-ring (bicyclic) bond motifs is 1. The summed E-state index contributed by atoms with van der Waals surface area (Å²) in [6.07, 6.45) is 1.54. The Morgan fingerprint density at radius 2 is 1.71 bits per heavy atom. The number of benzene rings is 4. The third-order valence-electron chi connectivity index (χ3n) is 5.06. The number of ether oxygens (including phenoxy) is 1. The lowest BCUT2D eigenvalue weighted by atomic mass is 10.0. The summed E-state index contributed by atoms with van der Waals surface area (Å²) in [6.45, 7) is 0.231. The lowest BCUT2D eigenvalue weighted by Crippen LogP contribution is -2.13. The Morgan fingerprint density at radius 3 is 2.44 bits per heavy atom. The normalized spacial score (nSPS) is 11.2. The summed E-state index contributed by atoms with van der Waals surface area (Å²) in [5, 5.41) is 15.7. The highest BCUT2D eigenvalue weighted by molar-refractivity contribution is 6.42. The maximum Gasteiger partial charge on any atom is 0.266 e. The van der Waals surface area contributed by atoms with Crippen molar-refractivity contribution in [1.29, 1.82) is 5.26 Å². The zero-order valence-corrected chi connectivity index (χ0v) is 20.0. The molecule has 4 aromatic rings. The standard InChI is InChI=1S/C27H17Cl3N2O2/c28-20-7-9-21(10-8-20)32-27(33)19(15-31)14-23-22-4-2-1-3-18(22)6-12-26(23)34-16-17-5-11-24(29)25(30)13-17/h1-14H,16H2,(H,32,33)/b19-14+. The van der Waals surface area contributed by atoms with Crippen LogP contribution in [0.3, 0.4) is 0 Å². The second-order valence-corrected chi connectivity index (χ2v) is 8.62. The zero-order valence-electron chi connectivity index (χ0n) is 17.7. The summed E-state index contributed by atoms with van der Waals surface area (Å²) < 4.78 is 6.08. The van der Waals surface area contributed by atoms with E-state index >= 15 is 0 Å². The van der Waals surface area contributed by atoms with E-state index in [1.807, 2.05) is 48.5 Å². The van der Waals surface area contributed by atoms with Gasteiger partial charge in [-0.1, -0.05) is 71.2 Å². The second kappa shape index (κ2) is 10.6. The van der Waals surface area contributed by atoms with Crippen LogP contribution in [-0.2, 0) is 11.4 Å². The second-order valence-electron chi connectivity index (χ2n) is 7.37. The number of nitrogens with zero attached hydrogens (tertiary/aromatic N) is 1. The predicted octanol–water partition coefficient (Wildman–Crippen LogP) is 7.92. The van der Waals surface area contributed by atoms with Crippen molar-refractivity contribution in [3.05, 3.63) is 111 Å². The minimum absolute atomic E-state index is 0.0642. The zero-order chi connectivity index (χ0) is 24.1. The molecule has 0 atom stereocenters. The summed E-state index contributed by atoms with van der Waals surface area (Å²) in [5.41, 5.74) is 1.93. The fourth-order valence-electron chi connectivity index (χ4n) is 3.37. The van der Waals surface area contributed by atoms with Crippen LogP contribution in [0.4, 0.5) is 5.69 Å². The summed E-state index contributed by atoms with van der Waals surface area (Å²) in [7, 11) is 0. The number of nitrogens with one attached hydrogen (secondary N) is 1. The predicted molar refractivity (Wildman–Crippen MR) is 138 cm³/mol. The van der Waals surface area contributed by atoms with Crippen LogP contribution in [0.15, 0.2) is 84.4 Å². The van der Waals surface area contributed by atoms with Gasteiger partial charge in [0.15, 0.2) is 0 Å². The van der Waals surface area contributed by atoms with Gasteiger partial charge in [-0.25, -0.2) is 0 Å². The smallest absolute Gasteiger partial charge is 0.266 e. The first kappa shape index (κ1) is 23.7. The minimum Gasteiger partial charge on any atom is -0.488 e. The van der Waals surface area contributed by atoms with Gasteiger partial charge in [0.05, 0.1) is 10.0 Å². The Balaban J connectivity index is 1.69. The molecule has 0 aromatic heterocycles. The van der Waals surface area contributed by atoms with Gasteiger partial charge in [-0.05, 0) is 64.9 Å². The van der Waals surface area contributed by atoms with Crippen LogP contribution in [0.5, 0.6) is 5.75 Å². The molecule has 0 bridgehead atoms. The molecular weight excluding hydrogens is 491 g/mol. The third-order valence-corrected chi connectivity index (χ3v) is 6.06. The van der Waals surface area contributed by atoms with Crippen molar-refractivity contribution < 1.29 is 9.53 Å². The first-order chi connectivity index (χ1) is 16.4. The monoisotopic (exact) mass is 506 g/mol. The summed E-state index contributed by atoms with van der Waals surface area (Å²) in [5.74, 6) is -0.00925. The number of carbonyl (C=O) groups excluding carboxylic acids is 1. The highest BCUT2D eigenvalue weighted by Crippen LogP contribution is 2.32. The molecule has 0 saturated carbocycles. The van der Waals surface area contributed by atoms with Crippen molar-refractivity contribution in [1.82, 2.24) is 0 Å². The van der Waals surface area contributed by atoms with Gasteiger partial charge >= 0.3 is 0 Å². The molecule has 4 rings (SSSR count). The molecule has 4 aromatic carbocycles. The van der Waals surface area contributed by atoms with Crippen LogP contribution < -0.4 is 10.1 Å². The molecule has 0 aliphatic heterocycles. The van der Waals surface area contributed by atoms with E-state index in [0.29, 0.717) is 32.1 Å². The molecule has 4 nitrogen and oxygen atoms in total. The molecule has 1 amide bonds. The summed E-state index contributed by atoms with van der Waals surface area (Å²) in [6, 6.07) is 25.3. The Bertz CT molecular complexity index is 1440. The number of rotatable bonds is 6. The molecule has 0 saturated heterocycles. The molecule has 0 unspecified atom stereocenters. The number of amides is 1. The molecule has 0 spiro atoms. The lowest BCUT2D eigenvalue weighted by Gasteiger charge is -2.13. The highest BCUT2D eigenvalue weighted by Gasteiger charge is 2.14. The molecule has 0 radical (unpaired) electrons. The van der Waals surface area contributed by atoms with Crippen LogP contribution in [0.25, 0.3) is 16.8 Å². The maximum atomic E-state index is 12.8. The van der Waals surface area contributed by atoms with Crippen LogP contribution in [0.1, 0.15) is 11.1 Å². The Labute approximate surface area is 211 Å². The van der Waals surface area contributed by atoms with Gasteiger partial charge in [0.2, 0.25) is 0 Å². The molecule has 0 fully saturated rings. The van der Waals surface area contributed by atoms with Crippen LogP contribution >= 0.6 is 34.8 Å². The van der Waals surface area contributed by atoms with Gasteiger partial charge in [-0.15, -0.1) is 0 Å². The Hall–Kier alpha value is -3.49. The van der Waals surface area contributed by atoms with Crippen molar-refractivity contribution in [2.45, 2.75) is 6.61 Å². The van der Waals surface area contributed by atoms with Crippen LogP contribution in [0, 0.1) is 11.3 Å². The Morgan fingerprint density at radius 1 is 0.941 bits per heavy atom. The van der Waals surface area contributed by atoms with Crippen molar-refractivity contribution in [2.75, 3.05) is 5.32 Å². The SMILES string of the molecule is N#C/C(=C\c1c(OCc2ccc(Cl)c(Cl)c2)ccc2ccccc12)C(=O)Nc1ccc(Cl)cc1. The average molecular weight is 508 g/mol. The molecular formula is C27H17Cl3N2O2. The van der Waals surface area contributed by atoms with Gasteiger partial charge in [-0.2, -0.15) is 5.26 Å². The van der Waals surface area contributed by atoms with Gasteiger partial charge < -0.3 is 10.1 Å². The minimum atomic E-state index is -0.534. The lowest BCUT2D eigenvalue weighted by molar-refractivity contribution is -0.112. The average Bonchev–Trinajstić information content (AvgIpc) is 2.85. The molecule has 0 aliphatic carbocycles. The maximum absolute atomic E-state index is 12.8. The van der Waals surface area contributed by atoms with Gasteiger partial charge in [-0.3, -0.25) is 4.79 Å². The summed E-state index contributed by atoms with van der Waals surface area (Å²) >= 11 is 18.0. The van der Waals surface area contributed by atoms with E-state index in [2.05, 4.69) is 5.32 Å². The first-order valence-electron chi connectivity index (χ1n) is 10.2. The number of hydrogen-bond acceptors (Lipinski definition) is 3. The van der Waals surface area contributed by atoms with Gasteiger partial charge in [0, 0.05) is 16.3 Å². The van der Waals surface area contributed by atoms with Crippen LogP contribution in [-0.4, -0.2) is 5.91 Å². The van der Waals surface area contributed by atoms with Gasteiger partial charge in [0.25, 0.3) is 5.91 Å². The first-order valence-corrected chi connectivity index (χ1v) is 11.3. The van der Waals surface area contributed by atoms with Gasteiger partial charge in [0.1, 0.15) is 24.0 Å². The van der Waals surface area contributed by atoms with E-state index in [1.165, 1.54) is 6.08 Å². The van der Waals surface area contributed by atoms with Crippen molar-refractivity contribution in [2.24, 2.45) is 0 Å². The molecule has 34 heavy (non-hydrogen) atoms. The number of nitriles is 1. The van der Waals surface area contributed by atoms with E-state index < -0.39 is 5.91 Å². The van der Waals surface area contributed by atoms with Crippen molar-refractivity contribution >= 4 is 63.2 Å². The fraction of sp³-hybridized carbons (Fsp3) is 0.0370. The van der Waals surface area contributed by atoms with Crippen LogP contribution in [0.2, 0.25) is 15.1 Å².